The van der Waals surface area contributed by atoms with Crippen LogP contribution in [0.25, 0.3) is 0 Å². The summed E-state index contributed by atoms with van der Waals surface area (Å²) in [6.07, 6.45) is 0.564. The van der Waals surface area contributed by atoms with E-state index in [4.69, 9.17) is 4.74 Å². The molecule has 1 fully saturated rings. The van der Waals surface area contributed by atoms with Crippen LogP contribution in [0, 0.1) is 0 Å². The second kappa shape index (κ2) is 9.38. The molecule has 8 nitrogen and oxygen atoms in total. The first-order chi connectivity index (χ1) is 16.1. The molecule has 178 valence electrons. The van der Waals surface area contributed by atoms with Gasteiger partial charge in [0, 0.05) is 29.7 Å². The van der Waals surface area contributed by atoms with Crippen LogP contribution < -0.4 is 10.1 Å². The molecule has 2 aliphatic rings. The van der Waals surface area contributed by atoms with Gasteiger partial charge in [-0.05, 0) is 50.1 Å². The van der Waals surface area contributed by atoms with Gasteiger partial charge in [-0.3, -0.25) is 19.2 Å². The van der Waals surface area contributed by atoms with Gasteiger partial charge in [-0.1, -0.05) is 18.2 Å². The Labute approximate surface area is 197 Å². The van der Waals surface area contributed by atoms with Gasteiger partial charge >= 0.3 is 0 Å². The van der Waals surface area contributed by atoms with Gasteiger partial charge in [-0.2, -0.15) is 0 Å². The van der Waals surface area contributed by atoms with Crippen molar-refractivity contribution in [1.82, 2.24) is 10.2 Å². The van der Waals surface area contributed by atoms with E-state index in [0.29, 0.717) is 29.7 Å². The fourth-order valence-electron chi connectivity index (χ4n) is 4.21. The van der Waals surface area contributed by atoms with Gasteiger partial charge < -0.3 is 20.1 Å². The largest absolute Gasteiger partial charge is 0.489 e. The number of ether oxygens (including phenoxy) is 1. The normalized spacial score (nSPS) is 18.1. The highest BCUT2D eigenvalue weighted by Gasteiger charge is 2.39. The number of carbonyl (C=O) groups excluding carboxylic acids is 4. The summed E-state index contributed by atoms with van der Waals surface area (Å²) < 4.78 is 6.00. The van der Waals surface area contributed by atoms with E-state index in [1.165, 1.54) is 0 Å². The number of nitrogens with zero attached hydrogens (tertiary/aromatic N) is 1. The molecule has 0 bridgehead atoms. The lowest BCUT2D eigenvalue weighted by Gasteiger charge is -2.29. The first kappa shape index (κ1) is 23.6. The number of carbonyl (C=O) groups is 4. The maximum absolute atomic E-state index is 12.9. The van der Waals surface area contributed by atoms with Crippen LogP contribution in [0.5, 0.6) is 5.75 Å². The highest BCUT2D eigenvalue weighted by atomic mass is 16.5. The third-order valence-corrected chi connectivity index (χ3v) is 6.06. The maximum Gasteiger partial charge on any atom is 0.255 e. The second-order valence-electron chi connectivity index (χ2n) is 9.43. The van der Waals surface area contributed by atoms with Crippen LogP contribution in [-0.2, 0) is 22.7 Å². The summed E-state index contributed by atoms with van der Waals surface area (Å²) in [6.45, 7) is 3.90. The number of fused-ring (bicyclic) bond motifs is 1. The lowest BCUT2D eigenvalue weighted by atomic mass is 9.92. The predicted molar refractivity (Wildman–Crippen MR) is 123 cm³/mol. The molecular formula is C26H28N2O6. The maximum atomic E-state index is 12.9. The minimum atomic E-state index is -0.988. The summed E-state index contributed by atoms with van der Waals surface area (Å²) in [5.41, 5.74) is 1.59. The van der Waals surface area contributed by atoms with Crippen LogP contribution in [0.2, 0.25) is 0 Å². The summed E-state index contributed by atoms with van der Waals surface area (Å²) >= 11 is 0. The summed E-state index contributed by atoms with van der Waals surface area (Å²) in [4.78, 5) is 50.6. The Hall–Kier alpha value is -3.52. The zero-order chi connectivity index (χ0) is 24.5. The minimum absolute atomic E-state index is 0.0739. The average molecular weight is 465 g/mol. The average Bonchev–Trinajstić information content (AvgIpc) is 3.13. The standard InChI is InChI=1S/C26H28N2O6/c1-26(2,33)15-27-24(31)17-8-6-16(7-9-17)14-34-23-5-3-4-19-20(23)13-28(25(19)32)21-11-10-18(29)12-22(21)30/h3-9,21,33H,10-15H2,1-2H3,(H,27,31). The van der Waals surface area contributed by atoms with Crippen molar-refractivity contribution in [2.75, 3.05) is 6.54 Å². The van der Waals surface area contributed by atoms with E-state index >= 15 is 0 Å². The molecule has 2 N–H and O–H groups in total. The number of nitrogens with one attached hydrogen (secondary N) is 1. The topological polar surface area (TPSA) is 113 Å². The molecule has 2 amide bonds. The number of hydrogen-bond donors (Lipinski definition) is 2. The number of rotatable bonds is 7. The van der Waals surface area contributed by atoms with Crippen molar-refractivity contribution in [3.05, 3.63) is 64.7 Å². The second-order valence-corrected chi connectivity index (χ2v) is 9.43. The first-order valence-corrected chi connectivity index (χ1v) is 11.3. The molecule has 2 aromatic rings. The molecule has 0 radical (unpaired) electrons. The van der Waals surface area contributed by atoms with Crippen molar-refractivity contribution >= 4 is 23.4 Å². The fourth-order valence-corrected chi connectivity index (χ4v) is 4.21. The number of hydrogen-bond acceptors (Lipinski definition) is 6. The Morgan fingerprint density at radius 3 is 2.56 bits per heavy atom. The Morgan fingerprint density at radius 1 is 1.15 bits per heavy atom. The van der Waals surface area contributed by atoms with Gasteiger partial charge in [-0.15, -0.1) is 0 Å². The molecule has 1 aliphatic heterocycles. The smallest absolute Gasteiger partial charge is 0.255 e. The van der Waals surface area contributed by atoms with Crippen LogP contribution in [0.3, 0.4) is 0 Å². The Kier molecular flexibility index (Phi) is 6.52. The quantitative estimate of drug-likeness (QED) is 0.609. The van der Waals surface area contributed by atoms with Gasteiger partial charge in [0.2, 0.25) is 0 Å². The molecular weight excluding hydrogens is 436 g/mol. The van der Waals surface area contributed by atoms with E-state index < -0.39 is 11.6 Å². The van der Waals surface area contributed by atoms with E-state index in [1.807, 2.05) is 0 Å². The van der Waals surface area contributed by atoms with Crippen molar-refractivity contribution in [1.29, 1.82) is 0 Å². The van der Waals surface area contributed by atoms with Crippen molar-refractivity contribution in [2.24, 2.45) is 0 Å². The lowest BCUT2D eigenvalue weighted by molar-refractivity contribution is -0.133. The van der Waals surface area contributed by atoms with Gasteiger partial charge in [0.1, 0.15) is 18.1 Å². The lowest BCUT2D eigenvalue weighted by Crippen LogP contribution is -2.44. The Balaban J connectivity index is 1.40. The van der Waals surface area contributed by atoms with Crippen LogP contribution in [-0.4, -0.2) is 51.6 Å². The van der Waals surface area contributed by atoms with Crippen molar-refractivity contribution in [3.8, 4) is 5.75 Å². The SMILES string of the molecule is CC(C)(O)CNC(=O)c1ccc(COc2cccc3c2CN(C2CCC(=O)CC2=O)C3=O)cc1. The van der Waals surface area contributed by atoms with Crippen molar-refractivity contribution in [2.45, 2.75) is 57.9 Å². The van der Waals surface area contributed by atoms with E-state index in [0.717, 1.165) is 11.1 Å². The molecule has 1 atom stereocenters. The molecule has 1 aliphatic carbocycles. The van der Waals surface area contributed by atoms with E-state index in [2.05, 4.69) is 5.32 Å². The molecule has 4 rings (SSSR count). The van der Waals surface area contributed by atoms with Crippen molar-refractivity contribution in [3.63, 3.8) is 0 Å². The molecule has 0 spiro atoms. The van der Waals surface area contributed by atoms with Crippen LogP contribution in [0.1, 0.15) is 65.0 Å². The van der Waals surface area contributed by atoms with Gasteiger partial charge in [0.15, 0.2) is 5.78 Å². The van der Waals surface area contributed by atoms with Crippen molar-refractivity contribution < 1.29 is 29.0 Å². The Morgan fingerprint density at radius 2 is 1.88 bits per heavy atom. The number of Topliss-reactive ketones (excluding diaryl/α,β-unsaturated/α-hetero) is 2. The molecule has 34 heavy (non-hydrogen) atoms. The highest BCUT2D eigenvalue weighted by molar-refractivity contribution is 6.07. The van der Waals surface area contributed by atoms with Crippen LogP contribution in [0.15, 0.2) is 42.5 Å². The summed E-state index contributed by atoms with van der Waals surface area (Å²) in [7, 11) is 0. The molecule has 1 unspecified atom stereocenters. The van der Waals surface area contributed by atoms with Gasteiger partial charge in [-0.25, -0.2) is 0 Å². The third kappa shape index (κ3) is 5.17. The van der Waals surface area contributed by atoms with Crippen LogP contribution >= 0.6 is 0 Å². The third-order valence-electron chi connectivity index (χ3n) is 6.06. The summed E-state index contributed by atoms with van der Waals surface area (Å²) in [6, 6.07) is 11.7. The van der Waals surface area contributed by atoms with Gasteiger partial charge in [0.25, 0.3) is 11.8 Å². The zero-order valence-electron chi connectivity index (χ0n) is 19.3. The first-order valence-electron chi connectivity index (χ1n) is 11.3. The molecule has 0 saturated heterocycles. The van der Waals surface area contributed by atoms with E-state index in [9.17, 15) is 24.3 Å². The Bertz CT molecular complexity index is 1130. The summed E-state index contributed by atoms with van der Waals surface area (Å²) in [5, 5.41) is 12.4. The molecule has 1 heterocycles. The zero-order valence-corrected chi connectivity index (χ0v) is 19.3. The molecule has 2 aromatic carbocycles. The van der Waals surface area contributed by atoms with E-state index in [-0.39, 0.29) is 49.5 Å². The molecule has 1 saturated carbocycles. The predicted octanol–water partition coefficient (Wildman–Crippen LogP) is 2.41. The molecule has 8 heteroatoms. The minimum Gasteiger partial charge on any atom is -0.489 e. The fraction of sp³-hybridized carbons (Fsp3) is 0.385. The van der Waals surface area contributed by atoms with E-state index in [1.54, 1.807) is 61.2 Å². The van der Waals surface area contributed by atoms with Gasteiger partial charge in [0.05, 0.1) is 24.6 Å². The summed E-state index contributed by atoms with van der Waals surface area (Å²) in [5.74, 6) is -0.191. The number of benzene rings is 2. The highest BCUT2D eigenvalue weighted by Crippen LogP contribution is 2.34. The monoisotopic (exact) mass is 464 g/mol. The van der Waals surface area contributed by atoms with Crippen LogP contribution in [0.4, 0.5) is 0 Å². The number of amides is 2. The number of aliphatic hydroxyl groups is 1. The number of ketones is 2. The molecule has 0 aromatic heterocycles.